The largest absolute Gasteiger partial charge is 0.475 e. The first-order valence-corrected chi connectivity index (χ1v) is 6.04. The van der Waals surface area contributed by atoms with E-state index in [2.05, 4.69) is 9.97 Å². The van der Waals surface area contributed by atoms with Crippen molar-refractivity contribution in [1.29, 1.82) is 0 Å². The SMILES string of the molecule is CC(C)OCCOc1cc(N)nc(C2CC2)n1. The van der Waals surface area contributed by atoms with E-state index in [-0.39, 0.29) is 6.10 Å². The molecule has 5 heteroatoms. The fraction of sp³-hybridized carbons (Fsp3) is 0.667. The van der Waals surface area contributed by atoms with Crippen LogP contribution in [0.4, 0.5) is 5.82 Å². The van der Waals surface area contributed by atoms with Crippen molar-refractivity contribution in [2.75, 3.05) is 18.9 Å². The van der Waals surface area contributed by atoms with Crippen LogP contribution in [0.5, 0.6) is 5.88 Å². The van der Waals surface area contributed by atoms with E-state index in [0.717, 1.165) is 18.7 Å². The number of rotatable bonds is 6. The van der Waals surface area contributed by atoms with Crippen LogP contribution in [0.25, 0.3) is 0 Å². The summed E-state index contributed by atoms with van der Waals surface area (Å²) in [6.45, 7) is 5.03. The number of aromatic nitrogens is 2. The van der Waals surface area contributed by atoms with Gasteiger partial charge in [0, 0.05) is 12.0 Å². The first kappa shape index (κ1) is 12.1. The normalized spacial score (nSPS) is 15.2. The lowest BCUT2D eigenvalue weighted by atomic mass is 10.4. The average Bonchev–Trinajstić information content (AvgIpc) is 3.07. The number of nitrogens with two attached hydrogens (primary N) is 1. The van der Waals surface area contributed by atoms with Gasteiger partial charge >= 0.3 is 0 Å². The summed E-state index contributed by atoms with van der Waals surface area (Å²) in [7, 11) is 0. The highest BCUT2D eigenvalue weighted by molar-refractivity contribution is 5.34. The quantitative estimate of drug-likeness (QED) is 0.763. The molecule has 94 valence electrons. The van der Waals surface area contributed by atoms with Gasteiger partial charge in [-0.3, -0.25) is 0 Å². The molecule has 1 heterocycles. The van der Waals surface area contributed by atoms with Crippen LogP contribution in [0.15, 0.2) is 6.07 Å². The Kier molecular flexibility index (Phi) is 3.78. The summed E-state index contributed by atoms with van der Waals surface area (Å²) in [4.78, 5) is 8.55. The van der Waals surface area contributed by atoms with Crippen molar-refractivity contribution >= 4 is 5.82 Å². The number of nitrogens with zero attached hydrogens (tertiary/aromatic N) is 2. The number of nitrogen functional groups attached to an aromatic ring is 1. The molecular weight excluding hydrogens is 218 g/mol. The fourth-order valence-corrected chi connectivity index (χ4v) is 1.49. The lowest BCUT2D eigenvalue weighted by molar-refractivity contribution is 0.0542. The number of anilines is 1. The van der Waals surface area contributed by atoms with Crippen LogP contribution >= 0.6 is 0 Å². The van der Waals surface area contributed by atoms with Gasteiger partial charge in [0.2, 0.25) is 5.88 Å². The molecule has 0 unspecified atom stereocenters. The summed E-state index contributed by atoms with van der Waals surface area (Å²) in [6, 6.07) is 1.65. The predicted octanol–water partition coefficient (Wildman–Crippen LogP) is 1.74. The minimum atomic E-state index is 0.219. The molecule has 0 saturated heterocycles. The topological polar surface area (TPSA) is 70.3 Å². The van der Waals surface area contributed by atoms with E-state index in [1.165, 1.54) is 0 Å². The first-order valence-electron chi connectivity index (χ1n) is 6.04. The molecule has 1 aromatic rings. The Balaban J connectivity index is 1.87. The van der Waals surface area contributed by atoms with E-state index in [9.17, 15) is 0 Å². The molecule has 1 fully saturated rings. The lowest BCUT2D eigenvalue weighted by Gasteiger charge is -2.09. The van der Waals surface area contributed by atoms with Crippen molar-refractivity contribution in [2.45, 2.75) is 38.7 Å². The lowest BCUT2D eigenvalue weighted by Crippen LogP contribution is -2.12. The highest BCUT2D eigenvalue weighted by atomic mass is 16.5. The van der Waals surface area contributed by atoms with Gasteiger partial charge in [0.1, 0.15) is 18.2 Å². The number of hydrogen-bond donors (Lipinski definition) is 1. The third-order valence-electron chi connectivity index (χ3n) is 2.47. The number of hydrogen-bond acceptors (Lipinski definition) is 5. The molecule has 1 aromatic heterocycles. The van der Waals surface area contributed by atoms with E-state index in [4.69, 9.17) is 15.2 Å². The molecule has 2 rings (SSSR count). The predicted molar refractivity (Wildman–Crippen MR) is 65.0 cm³/mol. The second-order valence-corrected chi connectivity index (χ2v) is 4.53. The van der Waals surface area contributed by atoms with Crippen LogP contribution < -0.4 is 10.5 Å². The van der Waals surface area contributed by atoms with Gasteiger partial charge in [-0.2, -0.15) is 4.98 Å². The van der Waals surface area contributed by atoms with Crippen LogP contribution in [-0.2, 0) is 4.74 Å². The van der Waals surface area contributed by atoms with E-state index >= 15 is 0 Å². The zero-order chi connectivity index (χ0) is 12.3. The summed E-state index contributed by atoms with van der Waals surface area (Å²) in [5, 5.41) is 0. The molecule has 2 N–H and O–H groups in total. The molecule has 0 amide bonds. The highest BCUT2D eigenvalue weighted by Gasteiger charge is 2.27. The Bertz CT molecular complexity index is 378. The van der Waals surface area contributed by atoms with E-state index in [1.54, 1.807) is 6.07 Å². The van der Waals surface area contributed by atoms with Gasteiger partial charge in [-0.1, -0.05) is 0 Å². The van der Waals surface area contributed by atoms with Gasteiger partial charge < -0.3 is 15.2 Å². The van der Waals surface area contributed by atoms with Crippen molar-refractivity contribution in [2.24, 2.45) is 0 Å². The van der Waals surface area contributed by atoms with Crippen molar-refractivity contribution in [1.82, 2.24) is 9.97 Å². The van der Waals surface area contributed by atoms with Crippen molar-refractivity contribution in [3.63, 3.8) is 0 Å². The minimum Gasteiger partial charge on any atom is -0.475 e. The van der Waals surface area contributed by atoms with Crippen LogP contribution in [0, 0.1) is 0 Å². The van der Waals surface area contributed by atoms with E-state index in [0.29, 0.717) is 30.8 Å². The van der Waals surface area contributed by atoms with Crippen molar-refractivity contribution in [3.05, 3.63) is 11.9 Å². The van der Waals surface area contributed by atoms with Gasteiger partial charge in [-0.25, -0.2) is 4.98 Å². The van der Waals surface area contributed by atoms with Crippen molar-refractivity contribution in [3.8, 4) is 5.88 Å². The molecule has 0 radical (unpaired) electrons. The molecule has 0 aromatic carbocycles. The molecule has 1 aliphatic carbocycles. The Hall–Kier alpha value is -1.36. The van der Waals surface area contributed by atoms with Crippen LogP contribution in [0.3, 0.4) is 0 Å². The highest BCUT2D eigenvalue weighted by Crippen LogP contribution is 2.38. The standard InChI is InChI=1S/C12H19N3O2/c1-8(2)16-5-6-17-11-7-10(13)14-12(15-11)9-3-4-9/h7-9H,3-6H2,1-2H3,(H2,13,14,15). The van der Waals surface area contributed by atoms with Gasteiger partial charge in [-0.15, -0.1) is 0 Å². The maximum Gasteiger partial charge on any atom is 0.218 e. The molecule has 17 heavy (non-hydrogen) atoms. The molecule has 1 aliphatic rings. The van der Waals surface area contributed by atoms with Gasteiger partial charge in [0.15, 0.2) is 0 Å². The zero-order valence-corrected chi connectivity index (χ0v) is 10.3. The van der Waals surface area contributed by atoms with E-state index in [1.807, 2.05) is 13.8 Å². The Morgan fingerprint density at radius 1 is 1.35 bits per heavy atom. The Labute approximate surface area is 101 Å². The monoisotopic (exact) mass is 237 g/mol. The molecule has 1 saturated carbocycles. The third-order valence-corrected chi connectivity index (χ3v) is 2.47. The van der Waals surface area contributed by atoms with Crippen LogP contribution in [0.2, 0.25) is 0 Å². The second-order valence-electron chi connectivity index (χ2n) is 4.53. The maximum absolute atomic E-state index is 5.72. The van der Waals surface area contributed by atoms with Gasteiger partial charge in [0.05, 0.1) is 12.7 Å². The smallest absolute Gasteiger partial charge is 0.218 e. The molecule has 5 nitrogen and oxygen atoms in total. The maximum atomic E-state index is 5.72. The van der Waals surface area contributed by atoms with Gasteiger partial charge in [-0.05, 0) is 26.7 Å². The molecule has 0 spiro atoms. The molecule has 0 atom stereocenters. The average molecular weight is 237 g/mol. The third kappa shape index (κ3) is 3.85. The summed E-state index contributed by atoms with van der Waals surface area (Å²) in [5.74, 6) is 2.31. The van der Waals surface area contributed by atoms with Crippen LogP contribution in [0.1, 0.15) is 38.4 Å². The summed E-state index contributed by atoms with van der Waals surface area (Å²) in [5.41, 5.74) is 5.72. The first-order chi connectivity index (χ1) is 8.15. The molecule has 0 aliphatic heterocycles. The Morgan fingerprint density at radius 3 is 2.76 bits per heavy atom. The van der Waals surface area contributed by atoms with Gasteiger partial charge in [0.25, 0.3) is 0 Å². The number of ether oxygens (including phenoxy) is 2. The summed E-state index contributed by atoms with van der Waals surface area (Å²) < 4.78 is 10.9. The Morgan fingerprint density at radius 2 is 2.12 bits per heavy atom. The molecule has 0 bridgehead atoms. The fourth-order valence-electron chi connectivity index (χ4n) is 1.49. The summed E-state index contributed by atoms with van der Waals surface area (Å²) in [6.07, 6.45) is 2.52. The second kappa shape index (κ2) is 5.31. The van der Waals surface area contributed by atoms with Crippen molar-refractivity contribution < 1.29 is 9.47 Å². The minimum absolute atomic E-state index is 0.219. The van der Waals surface area contributed by atoms with E-state index < -0.39 is 0 Å². The zero-order valence-electron chi connectivity index (χ0n) is 10.3. The summed E-state index contributed by atoms with van der Waals surface area (Å²) >= 11 is 0. The van der Waals surface area contributed by atoms with Crippen LogP contribution in [-0.4, -0.2) is 29.3 Å². The molecular formula is C12H19N3O2.